The van der Waals surface area contributed by atoms with Crippen LogP contribution >= 0.6 is 34.3 Å². The van der Waals surface area contributed by atoms with Crippen LogP contribution < -0.4 is 14.9 Å². The highest BCUT2D eigenvalue weighted by Crippen LogP contribution is 2.38. The Morgan fingerprint density at radius 2 is 1.76 bits per heavy atom. The van der Waals surface area contributed by atoms with Gasteiger partial charge in [0.2, 0.25) is 0 Å². The number of methoxy groups -OCH3 is 2. The van der Waals surface area contributed by atoms with Crippen LogP contribution in [-0.2, 0) is 0 Å². The van der Waals surface area contributed by atoms with E-state index in [9.17, 15) is 4.79 Å². The number of benzene rings is 1. The summed E-state index contributed by atoms with van der Waals surface area (Å²) in [7, 11) is 3.18. The minimum Gasteiger partial charge on any atom is -0.493 e. The van der Waals surface area contributed by atoms with Crippen LogP contribution in [-0.4, -0.2) is 14.2 Å². The second kappa shape index (κ2) is 5.67. The third-order valence-corrected chi connectivity index (χ3v) is 5.60. The molecule has 0 unspecified atom stereocenters. The summed E-state index contributed by atoms with van der Waals surface area (Å²) in [4.78, 5) is 13.0. The van der Waals surface area contributed by atoms with E-state index in [4.69, 9.17) is 21.1 Å². The molecular weight excluding hydrogens is 328 g/mol. The minimum absolute atomic E-state index is 0.0170. The van der Waals surface area contributed by atoms with Crippen LogP contribution in [0.5, 0.6) is 11.5 Å². The third-order valence-electron chi connectivity index (χ3n) is 3.07. The summed E-state index contributed by atoms with van der Waals surface area (Å²) in [5.41, 5.74) is 0.901. The lowest BCUT2D eigenvalue weighted by atomic mass is 10.1. The Kier molecular flexibility index (Phi) is 3.89. The molecule has 0 aliphatic carbocycles. The topological polar surface area (TPSA) is 35.5 Å². The molecule has 0 saturated carbocycles. The van der Waals surface area contributed by atoms with Crippen molar-refractivity contribution in [3.8, 4) is 21.9 Å². The largest absolute Gasteiger partial charge is 0.493 e. The molecule has 2 aromatic heterocycles. The SMILES string of the molecule is COc1ccc(-c2cc(=O)c3cc(Cl)sc3s2)cc1OC. The molecule has 0 aliphatic rings. The fourth-order valence-corrected chi connectivity index (χ4v) is 4.74. The summed E-state index contributed by atoms with van der Waals surface area (Å²) in [5, 5.41) is 0.680. The number of halogens is 1. The highest BCUT2D eigenvalue weighted by Gasteiger charge is 2.11. The molecule has 2 heterocycles. The first-order valence-electron chi connectivity index (χ1n) is 6.08. The summed E-state index contributed by atoms with van der Waals surface area (Å²) in [6.45, 7) is 0. The molecule has 0 atom stereocenters. The fraction of sp³-hybridized carbons (Fsp3) is 0.133. The van der Waals surface area contributed by atoms with Gasteiger partial charge in [0, 0.05) is 10.9 Å². The van der Waals surface area contributed by atoms with Gasteiger partial charge in [-0.3, -0.25) is 4.79 Å². The molecule has 108 valence electrons. The maximum Gasteiger partial charge on any atom is 0.189 e. The van der Waals surface area contributed by atoms with Gasteiger partial charge in [0.25, 0.3) is 0 Å². The molecule has 0 N–H and O–H groups in total. The van der Waals surface area contributed by atoms with Gasteiger partial charge in [-0.25, -0.2) is 0 Å². The molecule has 0 amide bonds. The Hall–Kier alpha value is -1.56. The molecular formula is C15H11ClO3S2. The van der Waals surface area contributed by atoms with Crippen molar-refractivity contribution in [2.24, 2.45) is 0 Å². The first kappa shape index (κ1) is 14.4. The predicted molar refractivity (Wildman–Crippen MR) is 89.5 cm³/mol. The maximum absolute atomic E-state index is 12.2. The van der Waals surface area contributed by atoms with Crippen molar-refractivity contribution in [2.75, 3.05) is 14.2 Å². The van der Waals surface area contributed by atoms with Crippen molar-refractivity contribution in [3.63, 3.8) is 0 Å². The van der Waals surface area contributed by atoms with E-state index in [1.54, 1.807) is 37.7 Å². The van der Waals surface area contributed by atoms with Crippen LogP contribution in [0.4, 0.5) is 0 Å². The van der Waals surface area contributed by atoms with E-state index >= 15 is 0 Å². The molecule has 0 saturated heterocycles. The van der Waals surface area contributed by atoms with Crippen molar-refractivity contribution in [3.05, 3.63) is 44.9 Å². The highest BCUT2D eigenvalue weighted by atomic mass is 35.5. The molecule has 0 bridgehead atoms. The van der Waals surface area contributed by atoms with E-state index in [1.807, 2.05) is 18.2 Å². The molecule has 6 heteroatoms. The number of ether oxygens (including phenoxy) is 2. The monoisotopic (exact) mass is 338 g/mol. The average molecular weight is 339 g/mol. The minimum atomic E-state index is -0.0170. The fourth-order valence-electron chi connectivity index (χ4n) is 2.05. The molecule has 3 aromatic rings. The summed E-state index contributed by atoms with van der Waals surface area (Å²) >= 11 is 8.96. The van der Waals surface area contributed by atoms with Gasteiger partial charge in [-0.05, 0) is 29.8 Å². The van der Waals surface area contributed by atoms with Crippen molar-refractivity contribution < 1.29 is 9.47 Å². The normalized spacial score (nSPS) is 10.8. The summed E-state index contributed by atoms with van der Waals surface area (Å²) in [6.07, 6.45) is 0. The lowest BCUT2D eigenvalue weighted by Gasteiger charge is -2.09. The summed E-state index contributed by atoms with van der Waals surface area (Å²) in [5.74, 6) is 1.30. The quantitative estimate of drug-likeness (QED) is 0.696. The van der Waals surface area contributed by atoms with Crippen LogP contribution in [0.3, 0.4) is 0 Å². The van der Waals surface area contributed by atoms with Crippen molar-refractivity contribution in [2.45, 2.75) is 0 Å². The third kappa shape index (κ3) is 2.64. The van der Waals surface area contributed by atoms with E-state index < -0.39 is 0 Å². The molecule has 0 spiro atoms. The van der Waals surface area contributed by atoms with E-state index in [0.717, 1.165) is 14.5 Å². The van der Waals surface area contributed by atoms with Crippen LogP contribution in [0.15, 0.2) is 35.1 Å². The highest BCUT2D eigenvalue weighted by molar-refractivity contribution is 7.40. The molecule has 3 rings (SSSR count). The van der Waals surface area contributed by atoms with Gasteiger partial charge in [-0.1, -0.05) is 11.6 Å². The van der Waals surface area contributed by atoms with Crippen molar-refractivity contribution >= 4 is 43.7 Å². The number of fused-ring (bicyclic) bond motifs is 1. The van der Waals surface area contributed by atoms with Gasteiger partial charge < -0.3 is 9.47 Å². The zero-order valence-corrected chi connectivity index (χ0v) is 13.7. The van der Waals surface area contributed by atoms with Gasteiger partial charge in [0.15, 0.2) is 16.9 Å². The Morgan fingerprint density at radius 1 is 1.00 bits per heavy atom. The van der Waals surface area contributed by atoms with Crippen LogP contribution in [0, 0.1) is 0 Å². The Balaban J connectivity index is 2.18. The number of hydrogen-bond acceptors (Lipinski definition) is 5. The van der Waals surface area contributed by atoms with Gasteiger partial charge >= 0.3 is 0 Å². The zero-order chi connectivity index (χ0) is 15.0. The van der Waals surface area contributed by atoms with Crippen LogP contribution in [0.2, 0.25) is 4.34 Å². The van der Waals surface area contributed by atoms with Crippen LogP contribution in [0.25, 0.3) is 19.8 Å². The molecule has 1 aromatic carbocycles. The summed E-state index contributed by atoms with van der Waals surface area (Å²) in [6, 6.07) is 8.96. The molecule has 21 heavy (non-hydrogen) atoms. The standard InChI is InChI=1S/C15H11ClO3S2/c1-18-11-4-3-8(5-12(11)19-2)13-7-10(17)9-6-14(16)21-15(9)20-13/h3-7H,1-2H3. The van der Waals surface area contributed by atoms with Crippen molar-refractivity contribution in [1.82, 2.24) is 0 Å². The Labute approximate surface area is 134 Å². The van der Waals surface area contributed by atoms with Crippen LogP contribution in [0.1, 0.15) is 0 Å². The Morgan fingerprint density at radius 3 is 2.48 bits per heavy atom. The number of thiophene rings is 1. The second-order valence-electron chi connectivity index (χ2n) is 4.30. The van der Waals surface area contributed by atoms with Gasteiger partial charge in [0.05, 0.1) is 28.0 Å². The predicted octanol–water partition coefficient (Wildman–Crippen LogP) is 4.66. The molecule has 3 nitrogen and oxygen atoms in total. The van der Waals surface area contributed by atoms with Crippen molar-refractivity contribution in [1.29, 1.82) is 0 Å². The van der Waals surface area contributed by atoms with E-state index in [0.29, 0.717) is 21.2 Å². The zero-order valence-electron chi connectivity index (χ0n) is 11.3. The maximum atomic E-state index is 12.2. The molecule has 0 fully saturated rings. The second-order valence-corrected chi connectivity index (χ2v) is 7.29. The lowest BCUT2D eigenvalue weighted by Crippen LogP contribution is -1.97. The number of hydrogen-bond donors (Lipinski definition) is 0. The van der Waals surface area contributed by atoms with Gasteiger partial charge in [-0.15, -0.1) is 22.7 Å². The first-order valence-corrected chi connectivity index (χ1v) is 8.09. The number of rotatable bonds is 3. The van der Waals surface area contributed by atoms with Gasteiger partial charge in [0.1, 0.15) is 0 Å². The smallest absolute Gasteiger partial charge is 0.189 e. The lowest BCUT2D eigenvalue weighted by molar-refractivity contribution is 0.355. The summed E-state index contributed by atoms with van der Waals surface area (Å²) < 4.78 is 12.1. The molecule has 0 radical (unpaired) electrons. The van der Waals surface area contributed by atoms with E-state index in [1.165, 1.54) is 11.3 Å². The first-order chi connectivity index (χ1) is 10.1. The van der Waals surface area contributed by atoms with E-state index in [2.05, 4.69) is 0 Å². The van der Waals surface area contributed by atoms with Gasteiger partial charge in [-0.2, -0.15) is 0 Å². The van der Waals surface area contributed by atoms with E-state index in [-0.39, 0.29) is 5.43 Å². The molecule has 0 aliphatic heterocycles. The Bertz CT molecular complexity index is 867. The average Bonchev–Trinajstić information content (AvgIpc) is 2.87.